The van der Waals surface area contributed by atoms with E-state index in [2.05, 4.69) is 20.2 Å². The third-order valence-electron chi connectivity index (χ3n) is 6.76. The molecule has 11 nitrogen and oxygen atoms in total. The number of rotatable bonds is 5. The Morgan fingerprint density at radius 3 is 2.62 bits per heavy atom. The Morgan fingerprint density at radius 1 is 1.22 bits per heavy atom. The lowest BCUT2D eigenvalue weighted by Crippen LogP contribution is -2.59. The molecule has 0 unspecified atom stereocenters. The highest BCUT2D eigenvalue weighted by atomic mass is 35.5. The molecule has 3 heterocycles. The molecular formula is C24H30ClN7O4S. The van der Waals surface area contributed by atoms with Crippen molar-refractivity contribution in [1.29, 1.82) is 0 Å². The lowest BCUT2D eigenvalue weighted by atomic mass is 9.80. The predicted molar refractivity (Wildman–Crippen MR) is 139 cm³/mol. The quantitative estimate of drug-likeness (QED) is 0.533. The van der Waals surface area contributed by atoms with Crippen LogP contribution in [0.3, 0.4) is 0 Å². The van der Waals surface area contributed by atoms with Crippen LogP contribution in [0.4, 0.5) is 5.82 Å². The molecule has 1 aliphatic carbocycles. The van der Waals surface area contributed by atoms with E-state index >= 15 is 0 Å². The zero-order valence-corrected chi connectivity index (χ0v) is 22.5. The minimum absolute atomic E-state index is 0.0668. The number of pyridine rings is 1. The van der Waals surface area contributed by atoms with E-state index < -0.39 is 23.9 Å². The molecule has 1 aliphatic heterocycles. The van der Waals surface area contributed by atoms with Gasteiger partial charge in [-0.25, -0.2) is 9.97 Å². The lowest BCUT2D eigenvalue weighted by Gasteiger charge is -2.41. The first kappa shape index (κ1) is 27.0. The molecule has 0 saturated heterocycles. The molecule has 0 bridgehead atoms. The largest absolute Gasteiger partial charge is 0.361 e. The number of nitrogens with zero attached hydrogens (tertiary/aromatic N) is 5. The van der Waals surface area contributed by atoms with Crippen molar-refractivity contribution in [2.24, 2.45) is 11.7 Å². The number of thiazole rings is 1. The van der Waals surface area contributed by atoms with Crippen molar-refractivity contribution >= 4 is 52.4 Å². The van der Waals surface area contributed by atoms with Crippen LogP contribution in [-0.2, 0) is 27.3 Å². The van der Waals surface area contributed by atoms with Gasteiger partial charge in [-0.2, -0.15) is 0 Å². The molecule has 1 fully saturated rings. The fourth-order valence-corrected chi connectivity index (χ4v) is 6.12. The Balaban J connectivity index is 1.66. The topological polar surface area (TPSA) is 142 Å². The van der Waals surface area contributed by atoms with Gasteiger partial charge in [0.05, 0.1) is 22.8 Å². The van der Waals surface area contributed by atoms with Crippen LogP contribution in [0.2, 0.25) is 5.02 Å². The Kier molecular flexibility index (Phi) is 8.10. The molecule has 4 amide bonds. The molecule has 0 radical (unpaired) electrons. The second kappa shape index (κ2) is 11.1. The summed E-state index contributed by atoms with van der Waals surface area (Å²) in [4.78, 5) is 65.9. The highest BCUT2D eigenvalue weighted by molar-refractivity contribution is 7.13. The van der Waals surface area contributed by atoms with Gasteiger partial charge >= 0.3 is 11.8 Å². The number of nitrogens with two attached hydrogens (primary N) is 1. The minimum Gasteiger partial charge on any atom is -0.361 e. The van der Waals surface area contributed by atoms with E-state index in [0.717, 1.165) is 30.1 Å². The van der Waals surface area contributed by atoms with Crippen LogP contribution in [0, 0.1) is 5.92 Å². The second-order valence-corrected chi connectivity index (χ2v) is 11.2. The zero-order chi connectivity index (χ0) is 26.9. The van der Waals surface area contributed by atoms with Gasteiger partial charge in [-0.05, 0) is 38.4 Å². The average molecular weight is 548 g/mol. The molecule has 2 aromatic rings. The maximum Gasteiger partial charge on any atom is 0.317 e. The summed E-state index contributed by atoms with van der Waals surface area (Å²) in [6, 6.07) is 1.76. The van der Waals surface area contributed by atoms with Crippen LogP contribution in [-0.4, -0.2) is 83.2 Å². The van der Waals surface area contributed by atoms with Gasteiger partial charge in [0.15, 0.2) is 5.01 Å². The summed E-state index contributed by atoms with van der Waals surface area (Å²) in [5.41, 5.74) is 6.31. The molecule has 37 heavy (non-hydrogen) atoms. The maximum absolute atomic E-state index is 13.4. The highest BCUT2D eigenvalue weighted by Gasteiger charge is 2.42. The van der Waals surface area contributed by atoms with E-state index in [1.54, 1.807) is 20.2 Å². The fraction of sp³-hybridized carbons (Fsp3) is 0.500. The summed E-state index contributed by atoms with van der Waals surface area (Å²) >= 11 is 7.32. The number of nitrogens with one attached hydrogen (secondary N) is 1. The van der Waals surface area contributed by atoms with Crippen LogP contribution >= 0.6 is 22.9 Å². The fourth-order valence-electron chi connectivity index (χ4n) is 4.91. The van der Waals surface area contributed by atoms with Gasteiger partial charge in [0.1, 0.15) is 5.82 Å². The summed E-state index contributed by atoms with van der Waals surface area (Å²) in [5, 5.41) is 3.70. The van der Waals surface area contributed by atoms with Crippen molar-refractivity contribution in [2.75, 3.05) is 32.6 Å². The first-order valence-corrected chi connectivity index (χ1v) is 13.2. The molecule has 3 N–H and O–H groups in total. The van der Waals surface area contributed by atoms with E-state index in [0.29, 0.717) is 22.9 Å². The van der Waals surface area contributed by atoms with Crippen molar-refractivity contribution in [3.63, 3.8) is 0 Å². The van der Waals surface area contributed by atoms with Crippen LogP contribution in [0.1, 0.15) is 39.6 Å². The monoisotopic (exact) mass is 547 g/mol. The second-order valence-electron chi connectivity index (χ2n) is 9.64. The van der Waals surface area contributed by atoms with Gasteiger partial charge in [0, 0.05) is 50.6 Å². The number of hydrogen-bond donors (Lipinski definition) is 2. The number of carbonyl (C=O) groups is 4. The third-order valence-corrected chi connectivity index (χ3v) is 8.06. The molecule has 0 spiro atoms. The average Bonchev–Trinajstić information content (AvgIpc) is 3.29. The highest BCUT2D eigenvalue weighted by Crippen LogP contribution is 2.33. The number of likely N-dealkylation sites (N-methyl/N-ethyl adjacent to an activating group) is 1. The van der Waals surface area contributed by atoms with E-state index in [4.69, 9.17) is 17.3 Å². The van der Waals surface area contributed by atoms with Crippen molar-refractivity contribution in [3.8, 4) is 0 Å². The number of halogens is 1. The Morgan fingerprint density at radius 2 is 1.97 bits per heavy atom. The molecule has 4 rings (SSSR count). The summed E-state index contributed by atoms with van der Waals surface area (Å²) in [5.74, 6) is -2.73. The van der Waals surface area contributed by atoms with Gasteiger partial charge in [-0.3, -0.25) is 24.1 Å². The summed E-state index contributed by atoms with van der Waals surface area (Å²) in [6.07, 6.45) is 3.21. The molecule has 3 atom stereocenters. The maximum atomic E-state index is 13.4. The van der Waals surface area contributed by atoms with Crippen LogP contribution < -0.4 is 16.0 Å². The molecule has 13 heteroatoms. The minimum atomic E-state index is -1.15. The van der Waals surface area contributed by atoms with Crippen LogP contribution in [0.25, 0.3) is 0 Å². The Labute approximate surface area is 224 Å². The normalized spacial score (nSPS) is 21.6. The van der Waals surface area contributed by atoms with Crippen molar-refractivity contribution in [3.05, 3.63) is 38.9 Å². The molecule has 2 aromatic heterocycles. The number of amides is 4. The number of primary amides is 1. The molecule has 2 aliphatic rings. The summed E-state index contributed by atoms with van der Waals surface area (Å²) < 4.78 is 0. The Bertz CT molecular complexity index is 1200. The van der Waals surface area contributed by atoms with Gasteiger partial charge in [-0.15, -0.1) is 11.3 Å². The summed E-state index contributed by atoms with van der Waals surface area (Å²) in [7, 11) is 5.38. The molecule has 1 saturated carbocycles. The van der Waals surface area contributed by atoms with Crippen LogP contribution in [0.5, 0.6) is 0 Å². The lowest BCUT2D eigenvalue weighted by molar-refractivity contribution is -0.136. The van der Waals surface area contributed by atoms with E-state index in [9.17, 15) is 19.2 Å². The summed E-state index contributed by atoms with van der Waals surface area (Å²) in [6.45, 7) is 1.60. The van der Waals surface area contributed by atoms with Gasteiger partial charge in [-0.1, -0.05) is 11.6 Å². The number of fused-ring (bicyclic) bond motifs is 1. The molecular weight excluding hydrogens is 518 g/mol. The zero-order valence-electron chi connectivity index (χ0n) is 20.9. The van der Waals surface area contributed by atoms with E-state index in [1.165, 1.54) is 33.4 Å². The smallest absolute Gasteiger partial charge is 0.317 e. The van der Waals surface area contributed by atoms with Crippen molar-refractivity contribution < 1.29 is 19.2 Å². The first-order valence-electron chi connectivity index (χ1n) is 12.0. The molecule has 198 valence electrons. The third kappa shape index (κ3) is 5.91. The first-order chi connectivity index (χ1) is 17.5. The SMILES string of the molecule is CN1CCc2nc(C(=O)N[C@@H]3C[C@@H](C(=O)N(C)C)CC[C@@H]3N(C(=O)C(N)=O)c3ccc(Cl)cn3)sc2C1. The number of hydrogen-bond acceptors (Lipinski definition) is 8. The van der Waals surface area contributed by atoms with Crippen LogP contribution in [0.15, 0.2) is 18.3 Å². The number of anilines is 1. The van der Waals surface area contributed by atoms with Gasteiger partial charge < -0.3 is 20.9 Å². The van der Waals surface area contributed by atoms with E-state index in [-0.39, 0.29) is 30.0 Å². The number of carbonyl (C=O) groups excluding carboxylic acids is 4. The van der Waals surface area contributed by atoms with Gasteiger partial charge in [0.2, 0.25) is 5.91 Å². The van der Waals surface area contributed by atoms with E-state index in [1.807, 2.05) is 7.05 Å². The van der Waals surface area contributed by atoms with Gasteiger partial charge in [0.25, 0.3) is 5.91 Å². The predicted octanol–water partition coefficient (Wildman–Crippen LogP) is 1.05. The molecule has 0 aromatic carbocycles. The standard InChI is InChI=1S/C24H30ClN7O4S/c1-30(2)23(35)13-4-6-17(32(24(36)20(26)33)19-7-5-14(25)11-27-19)16(10-13)28-21(34)22-29-15-8-9-31(3)12-18(15)37-22/h5,7,11,13,16-17H,4,6,8-10,12H2,1-3H3,(H2,26,33)(H,28,34)/t13-,16+,17-/m0/s1. The number of aromatic nitrogens is 2. The van der Waals surface area contributed by atoms with Crippen molar-refractivity contribution in [1.82, 2.24) is 25.1 Å². The van der Waals surface area contributed by atoms with Crippen molar-refractivity contribution in [2.45, 2.75) is 44.3 Å². The Hall–Kier alpha value is -3.09.